The van der Waals surface area contributed by atoms with Crippen LogP contribution in [0.3, 0.4) is 0 Å². The first-order valence-corrected chi connectivity index (χ1v) is 10.1. The van der Waals surface area contributed by atoms with E-state index in [1.807, 2.05) is 11.0 Å². The number of aliphatic carboxylic acids is 1. The van der Waals surface area contributed by atoms with E-state index in [4.69, 9.17) is 9.84 Å². The molecule has 1 aromatic carbocycles. The van der Waals surface area contributed by atoms with E-state index in [0.717, 1.165) is 32.5 Å². The Hall–Kier alpha value is -1.96. The number of amides is 1. The fourth-order valence-corrected chi connectivity index (χ4v) is 4.11. The summed E-state index contributed by atoms with van der Waals surface area (Å²) in [6.45, 7) is 5.02. The lowest BCUT2D eigenvalue weighted by Gasteiger charge is -2.38. The van der Waals surface area contributed by atoms with E-state index in [1.54, 1.807) is 11.9 Å². The Bertz CT molecular complexity index is 646. The average Bonchev–Trinajstić information content (AvgIpc) is 2.68. The van der Waals surface area contributed by atoms with Crippen molar-refractivity contribution < 1.29 is 19.4 Å². The molecule has 1 N–H and O–H groups in total. The number of morpholine rings is 1. The van der Waals surface area contributed by atoms with E-state index < -0.39 is 5.97 Å². The molecule has 2 aliphatic rings. The van der Waals surface area contributed by atoms with Crippen molar-refractivity contribution in [3.8, 4) is 0 Å². The molecule has 2 fully saturated rings. The van der Waals surface area contributed by atoms with Crippen molar-refractivity contribution in [1.29, 1.82) is 0 Å². The molecular formula is C21H31N3O4. The van der Waals surface area contributed by atoms with Gasteiger partial charge in [0.05, 0.1) is 19.3 Å². The molecule has 1 aromatic rings. The van der Waals surface area contributed by atoms with Gasteiger partial charge in [-0.2, -0.15) is 0 Å². The highest BCUT2D eigenvalue weighted by Gasteiger charge is 2.32. The molecule has 0 aliphatic carbocycles. The highest BCUT2D eigenvalue weighted by atomic mass is 16.5. The van der Waals surface area contributed by atoms with E-state index in [0.29, 0.717) is 26.2 Å². The zero-order valence-corrected chi connectivity index (χ0v) is 16.6. The van der Waals surface area contributed by atoms with Gasteiger partial charge in [-0.15, -0.1) is 0 Å². The fraction of sp³-hybridized carbons (Fsp3) is 0.619. The molecule has 1 unspecified atom stereocenters. The van der Waals surface area contributed by atoms with Crippen LogP contribution in [0.5, 0.6) is 0 Å². The third kappa shape index (κ3) is 6.02. The van der Waals surface area contributed by atoms with Crippen molar-refractivity contribution in [2.45, 2.75) is 25.5 Å². The molecule has 2 aliphatic heterocycles. The largest absolute Gasteiger partial charge is 0.480 e. The van der Waals surface area contributed by atoms with Crippen molar-refractivity contribution in [3.05, 3.63) is 35.9 Å². The van der Waals surface area contributed by atoms with Gasteiger partial charge in [-0.25, -0.2) is 0 Å². The predicted molar refractivity (Wildman–Crippen MR) is 106 cm³/mol. The number of carbonyl (C=O) groups is 2. The van der Waals surface area contributed by atoms with Gasteiger partial charge in [0.25, 0.3) is 0 Å². The van der Waals surface area contributed by atoms with Crippen molar-refractivity contribution in [2.75, 3.05) is 52.9 Å². The van der Waals surface area contributed by atoms with Crippen LogP contribution in [-0.2, 0) is 20.9 Å². The maximum absolute atomic E-state index is 13.0. The van der Waals surface area contributed by atoms with Crippen LogP contribution < -0.4 is 0 Å². The molecular weight excluding hydrogens is 358 g/mol. The van der Waals surface area contributed by atoms with Crippen LogP contribution in [0, 0.1) is 5.92 Å². The molecule has 154 valence electrons. The first-order chi connectivity index (χ1) is 13.5. The van der Waals surface area contributed by atoms with Crippen molar-refractivity contribution in [2.24, 2.45) is 5.92 Å². The average molecular weight is 389 g/mol. The lowest BCUT2D eigenvalue weighted by Crippen LogP contribution is -2.52. The second kappa shape index (κ2) is 10.0. The number of nitrogens with zero attached hydrogens (tertiary/aromatic N) is 3. The smallest absolute Gasteiger partial charge is 0.317 e. The second-order valence-electron chi connectivity index (χ2n) is 7.90. The highest BCUT2D eigenvalue weighted by Crippen LogP contribution is 2.22. The Morgan fingerprint density at radius 1 is 1.18 bits per heavy atom. The molecule has 7 nitrogen and oxygen atoms in total. The normalized spacial score (nSPS) is 21.8. The number of piperidine rings is 1. The molecule has 0 bridgehead atoms. The third-order valence-electron chi connectivity index (χ3n) is 5.56. The Balaban J connectivity index is 1.44. The van der Waals surface area contributed by atoms with Gasteiger partial charge in [0.1, 0.15) is 0 Å². The van der Waals surface area contributed by atoms with Gasteiger partial charge in [0.2, 0.25) is 5.91 Å². The minimum Gasteiger partial charge on any atom is -0.480 e. The Morgan fingerprint density at radius 3 is 2.57 bits per heavy atom. The number of benzene rings is 1. The number of carboxylic acids is 1. The molecule has 0 saturated carbocycles. The first-order valence-electron chi connectivity index (χ1n) is 10.1. The van der Waals surface area contributed by atoms with Crippen LogP contribution >= 0.6 is 0 Å². The summed E-state index contributed by atoms with van der Waals surface area (Å²) in [7, 11) is 1.76. The lowest BCUT2D eigenvalue weighted by molar-refractivity contribution is -0.146. The number of carboxylic acid groups (broad SMARTS) is 1. The summed E-state index contributed by atoms with van der Waals surface area (Å²) in [4.78, 5) is 29.9. The topological polar surface area (TPSA) is 73.3 Å². The first kappa shape index (κ1) is 20.8. The summed E-state index contributed by atoms with van der Waals surface area (Å²) in [5.74, 6) is -0.537. The molecule has 7 heteroatoms. The molecule has 1 atom stereocenters. The second-order valence-corrected chi connectivity index (χ2v) is 7.90. The van der Waals surface area contributed by atoms with Crippen LogP contribution in [0.4, 0.5) is 0 Å². The summed E-state index contributed by atoms with van der Waals surface area (Å²) in [6.07, 6.45) is 1.67. The number of hydrogen-bond acceptors (Lipinski definition) is 5. The van der Waals surface area contributed by atoms with Gasteiger partial charge in [0, 0.05) is 32.1 Å². The van der Waals surface area contributed by atoms with Crippen molar-refractivity contribution in [1.82, 2.24) is 14.7 Å². The van der Waals surface area contributed by atoms with Crippen LogP contribution in [0.15, 0.2) is 30.3 Å². The monoisotopic (exact) mass is 389 g/mol. The molecule has 0 aromatic heterocycles. The number of likely N-dealkylation sites (N-methyl/N-ethyl adjacent to an activating group) is 1. The summed E-state index contributed by atoms with van der Waals surface area (Å²) < 4.78 is 5.74. The third-order valence-corrected chi connectivity index (χ3v) is 5.56. The van der Waals surface area contributed by atoms with E-state index in [1.165, 1.54) is 5.56 Å². The maximum Gasteiger partial charge on any atom is 0.317 e. The van der Waals surface area contributed by atoms with E-state index in [9.17, 15) is 9.59 Å². The van der Waals surface area contributed by atoms with E-state index in [-0.39, 0.29) is 24.5 Å². The number of hydrogen-bond donors (Lipinski definition) is 1. The molecule has 3 rings (SSSR count). The quantitative estimate of drug-likeness (QED) is 0.754. The van der Waals surface area contributed by atoms with Crippen LogP contribution in [0.1, 0.15) is 18.4 Å². The zero-order valence-electron chi connectivity index (χ0n) is 16.6. The van der Waals surface area contributed by atoms with Crippen LogP contribution in [-0.4, -0.2) is 90.7 Å². The summed E-state index contributed by atoms with van der Waals surface area (Å²) in [5.41, 5.74) is 1.31. The summed E-state index contributed by atoms with van der Waals surface area (Å²) in [5, 5.41) is 8.89. The number of ether oxygens (including phenoxy) is 1. The Morgan fingerprint density at radius 2 is 1.89 bits per heavy atom. The molecule has 28 heavy (non-hydrogen) atoms. The van der Waals surface area contributed by atoms with Crippen molar-refractivity contribution in [3.63, 3.8) is 0 Å². The molecule has 1 amide bonds. The SMILES string of the molecule is CN(CC(=O)O)CC1CN(C(=O)C2CCN(Cc3ccccc3)CC2)CCO1. The van der Waals surface area contributed by atoms with Crippen LogP contribution in [0.25, 0.3) is 0 Å². The fourth-order valence-electron chi connectivity index (χ4n) is 4.11. The summed E-state index contributed by atoms with van der Waals surface area (Å²) >= 11 is 0. The standard InChI is InChI=1S/C21H31N3O4/c1-22(16-20(25)26)14-19-15-24(11-12-28-19)21(27)18-7-9-23(10-8-18)13-17-5-3-2-4-6-17/h2-6,18-19H,7-16H2,1H3,(H,25,26). The lowest BCUT2D eigenvalue weighted by atomic mass is 9.94. The van der Waals surface area contributed by atoms with E-state index >= 15 is 0 Å². The van der Waals surface area contributed by atoms with Gasteiger partial charge in [-0.05, 0) is 38.5 Å². The maximum atomic E-state index is 13.0. The van der Waals surface area contributed by atoms with Gasteiger partial charge in [-0.3, -0.25) is 19.4 Å². The summed E-state index contributed by atoms with van der Waals surface area (Å²) in [6, 6.07) is 10.4. The number of carbonyl (C=O) groups excluding carboxylic acids is 1. The van der Waals surface area contributed by atoms with Crippen LogP contribution in [0.2, 0.25) is 0 Å². The minimum absolute atomic E-state index is 0.0202. The number of likely N-dealkylation sites (tertiary alicyclic amines) is 1. The minimum atomic E-state index is -0.853. The number of rotatable bonds is 7. The molecule has 0 radical (unpaired) electrons. The highest BCUT2D eigenvalue weighted by molar-refractivity contribution is 5.79. The van der Waals surface area contributed by atoms with Crippen molar-refractivity contribution >= 4 is 11.9 Å². The zero-order chi connectivity index (χ0) is 19.9. The van der Waals surface area contributed by atoms with E-state index in [2.05, 4.69) is 29.2 Å². The predicted octanol–water partition coefficient (Wildman–Crippen LogP) is 1.14. The van der Waals surface area contributed by atoms with Gasteiger partial charge in [0.15, 0.2) is 0 Å². The van der Waals surface area contributed by atoms with Gasteiger partial charge >= 0.3 is 5.97 Å². The molecule has 2 saturated heterocycles. The Labute approximate surface area is 166 Å². The molecule has 0 spiro atoms. The van der Waals surface area contributed by atoms with Gasteiger partial charge < -0.3 is 14.7 Å². The molecule has 2 heterocycles. The Kier molecular flexibility index (Phi) is 7.42. The van der Waals surface area contributed by atoms with Gasteiger partial charge in [-0.1, -0.05) is 30.3 Å².